The summed E-state index contributed by atoms with van der Waals surface area (Å²) >= 11 is 0. The van der Waals surface area contributed by atoms with Crippen molar-refractivity contribution in [1.29, 1.82) is 5.26 Å². The smallest absolute Gasteiger partial charge is 0.128 e. The number of rotatable bonds is 6. The van der Waals surface area contributed by atoms with Crippen molar-refractivity contribution in [3.05, 3.63) is 23.3 Å². The molecule has 0 aliphatic carbocycles. The third-order valence-corrected chi connectivity index (χ3v) is 2.85. The summed E-state index contributed by atoms with van der Waals surface area (Å²) in [4.78, 5) is 0. The predicted molar refractivity (Wildman–Crippen MR) is 67.5 cm³/mol. The lowest BCUT2D eigenvalue weighted by Crippen LogP contribution is -1.98. The van der Waals surface area contributed by atoms with Crippen LogP contribution in [0.3, 0.4) is 0 Å². The zero-order valence-corrected chi connectivity index (χ0v) is 10.7. The Balaban J connectivity index is 2.78. The summed E-state index contributed by atoms with van der Waals surface area (Å²) in [5.41, 5.74) is 2.22. The molecule has 0 N–H and O–H groups in total. The van der Waals surface area contributed by atoms with Crippen molar-refractivity contribution >= 4 is 0 Å². The first-order valence-corrected chi connectivity index (χ1v) is 5.82. The molecule has 3 nitrogen and oxygen atoms in total. The van der Waals surface area contributed by atoms with E-state index in [1.165, 1.54) is 5.56 Å². The molecule has 0 aliphatic heterocycles. The predicted octanol–water partition coefficient (Wildman–Crippen LogP) is 3.25. The van der Waals surface area contributed by atoms with Crippen LogP contribution in [-0.2, 0) is 6.42 Å². The second kappa shape index (κ2) is 6.80. The Hall–Kier alpha value is -1.69. The van der Waals surface area contributed by atoms with E-state index in [-0.39, 0.29) is 0 Å². The Labute approximate surface area is 103 Å². The van der Waals surface area contributed by atoms with Crippen LogP contribution in [0.5, 0.6) is 11.5 Å². The molecular weight excluding hydrogens is 214 g/mol. The van der Waals surface area contributed by atoms with Crippen molar-refractivity contribution in [2.45, 2.75) is 32.6 Å². The van der Waals surface area contributed by atoms with Gasteiger partial charge in [0.25, 0.3) is 0 Å². The highest BCUT2D eigenvalue weighted by molar-refractivity contribution is 5.49. The van der Waals surface area contributed by atoms with Crippen LogP contribution >= 0.6 is 0 Å². The summed E-state index contributed by atoms with van der Waals surface area (Å²) in [7, 11) is 3.34. The van der Waals surface area contributed by atoms with Gasteiger partial charge in [-0.1, -0.05) is 6.07 Å². The van der Waals surface area contributed by atoms with E-state index in [9.17, 15) is 0 Å². The number of nitriles is 1. The highest BCUT2D eigenvalue weighted by Crippen LogP contribution is 2.32. The van der Waals surface area contributed by atoms with Gasteiger partial charge in [-0.2, -0.15) is 5.26 Å². The number of hydrogen-bond acceptors (Lipinski definition) is 3. The third kappa shape index (κ3) is 3.39. The molecule has 0 amide bonds. The van der Waals surface area contributed by atoms with Crippen LogP contribution in [0.4, 0.5) is 0 Å². The number of methoxy groups -OCH3 is 2. The fourth-order valence-electron chi connectivity index (χ4n) is 1.95. The lowest BCUT2D eigenvalue weighted by atomic mass is 10.0. The SMILES string of the molecule is COc1ccc(CCCCC#N)c(OC)c1C. The van der Waals surface area contributed by atoms with Gasteiger partial charge in [0.05, 0.1) is 20.3 Å². The largest absolute Gasteiger partial charge is 0.496 e. The van der Waals surface area contributed by atoms with E-state index >= 15 is 0 Å². The molecule has 3 heteroatoms. The van der Waals surface area contributed by atoms with Crippen molar-refractivity contribution in [2.24, 2.45) is 0 Å². The number of unbranched alkanes of at least 4 members (excludes halogenated alkanes) is 2. The average Bonchev–Trinajstić information content (AvgIpc) is 2.35. The molecule has 0 bridgehead atoms. The van der Waals surface area contributed by atoms with Crippen molar-refractivity contribution in [1.82, 2.24) is 0 Å². The minimum Gasteiger partial charge on any atom is -0.496 e. The van der Waals surface area contributed by atoms with Gasteiger partial charge in [-0.15, -0.1) is 0 Å². The maximum atomic E-state index is 8.49. The molecule has 0 radical (unpaired) electrons. The fraction of sp³-hybridized carbons (Fsp3) is 0.500. The van der Waals surface area contributed by atoms with E-state index in [4.69, 9.17) is 14.7 Å². The number of ether oxygens (including phenoxy) is 2. The fourth-order valence-corrected chi connectivity index (χ4v) is 1.95. The molecule has 0 saturated carbocycles. The van der Waals surface area contributed by atoms with Crippen LogP contribution in [0, 0.1) is 18.3 Å². The zero-order chi connectivity index (χ0) is 12.7. The topological polar surface area (TPSA) is 42.2 Å². The van der Waals surface area contributed by atoms with E-state index in [0.29, 0.717) is 6.42 Å². The van der Waals surface area contributed by atoms with Crippen molar-refractivity contribution in [3.8, 4) is 17.6 Å². The molecule has 0 atom stereocenters. The molecule has 0 aliphatic rings. The molecule has 1 rings (SSSR count). The van der Waals surface area contributed by atoms with E-state index < -0.39 is 0 Å². The Morgan fingerprint density at radius 3 is 2.53 bits per heavy atom. The first-order chi connectivity index (χ1) is 8.24. The lowest BCUT2D eigenvalue weighted by molar-refractivity contribution is 0.385. The van der Waals surface area contributed by atoms with Crippen LogP contribution in [0.15, 0.2) is 12.1 Å². The van der Waals surface area contributed by atoms with Crippen LogP contribution in [0.1, 0.15) is 30.4 Å². The van der Waals surface area contributed by atoms with Crippen molar-refractivity contribution in [2.75, 3.05) is 14.2 Å². The Kier molecular flexibility index (Phi) is 5.35. The van der Waals surface area contributed by atoms with Gasteiger partial charge in [0.1, 0.15) is 11.5 Å². The second-order valence-corrected chi connectivity index (χ2v) is 3.95. The van der Waals surface area contributed by atoms with E-state index in [1.807, 2.05) is 19.1 Å². The van der Waals surface area contributed by atoms with E-state index in [1.54, 1.807) is 14.2 Å². The van der Waals surface area contributed by atoms with Gasteiger partial charge < -0.3 is 9.47 Å². The van der Waals surface area contributed by atoms with Crippen molar-refractivity contribution < 1.29 is 9.47 Å². The maximum Gasteiger partial charge on any atom is 0.128 e. The van der Waals surface area contributed by atoms with Gasteiger partial charge in [0.15, 0.2) is 0 Å². The first kappa shape index (κ1) is 13.4. The molecule has 92 valence electrons. The number of hydrogen-bond donors (Lipinski definition) is 0. The molecule has 0 aromatic heterocycles. The van der Waals surface area contributed by atoms with Gasteiger partial charge in [-0.25, -0.2) is 0 Å². The number of aryl methyl sites for hydroxylation is 1. The summed E-state index contributed by atoms with van der Waals surface area (Å²) in [5, 5.41) is 8.49. The quantitative estimate of drug-likeness (QED) is 0.708. The van der Waals surface area contributed by atoms with E-state index in [2.05, 4.69) is 6.07 Å². The summed E-state index contributed by atoms with van der Waals surface area (Å²) in [6.45, 7) is 2.00. The number of nitrogens with zero attached hydrogens (tertiary/aromatic N) is 1. The molecule has 1 aromatic rings. The maximum absolute atomic E-state index is 8.49. The highest BCUT2D eigenvalue weighted by Gasteiger charge is 2.10. The minimum atomic E-state index is 0.622. The van der Waals surface area contributed by atoms with Crippen molar-refractivity contribution in [3.63, 3.8) is 0 Å². The Morgan fingerprint density at radius 1 is 1.18 bits per heavy atom. The molecule has 17 heavy (non-hydrogen) atoms. The van der Waals surface area contributed by atoms with Gasteiger partial charge in [0.2, 0.25) is 0 Å². The first-order valence-electron chi connectivity index (χ1n) is 5.82. The molecular formula is C14H19NO2. The lowest BCUT2D eigenvalue weighted by Gasteiger charge is -2.14. The molecule has 0 heterocycles. The molecule has 1 aromatic carbocycles. The average molecular weight is 233 g/mol. The Bertz CT molecular complexity index is 407. The van der Waals surface area contributed by atoms with Gasteiger partial charge >= 0.3 is 0 Å². The molecule has 0 spiro atoms. The standard InChI is InChI=1S/C14H19NO2/c1-11-13(16-2)9-8-12(14(11)17-3)7-5-4-6-10-15/h8-9H,4-7H2,1-3H3. The van der Waals surface area contributed by atoms with Crippen LogP contribution in [-0.4, -0.2) is 14.2 Å². The monoisotopic (exact) mass is 233 g/mol. The van der Waals surface area contributed by atoms with Crippen LogP contribution in [0.2, 0.25) is 0 Å². The highest BCUT2D eigenvalue weighted by atomic mass is 16.5. The summed E-state index contributed by atoms with van der Waals surface area (Å²) < 4.78 is 10.7. The summed E-state index contributed by atoms with van der Waals surface area (Å²) in [6, 6.07) is 6.17. The summed E-state index contributed by atoms with van der Waals surface area (Å²) in [5.74, 6) is 1.75. The third-order valence-electron chi connectivity index (χ3n) is 2.85. The van der Waals surface area contributed by atoms with Gasteiger partial charge in [-0.05, 0) is 37.8 Å². The molecule has 0 saturated heterocycles. The second-order valence-electron chi connectivity index (χ2n) is 3.95. The van der Waals surface area contributed by atoms with Gasteiger partial charge in [0, 0.05) is 12.0 Å². The molecule has 0 fully saturated rings. The minimum absolute atomic E-state index is 0.622. The normalized spacial score (nSPS) is 9.76. The van der Waals surface area contributed by atoms with Crippen LogP contribution < -0.4 is 9.47 Å². The van der Waals surface area contributed by atoms with Gasteiger partial charge in [-0.3, -0.25) is 0 Å². The number of benzene rings is 1. The zero-order valence-electron chi connectivity index (χ0n) is 10.7. The Morgan fingerprint density at radius 2 is 1.94 bits per heavy atom. The molecule has 0 unspecified atom stereocenters. The van der Waals surface area contributed by atoms with E-state index in [0.717, 1.165) is 36.3 Å². The summed E-state index contributed by atoms with van der Waals surface area (Å²) in [6.07, 6.45) is 3.51. The van der Waals surface area contributed by atoms with Crippen LogP contribution in [0.25, 0.3) is 0 Å².